The molecule has 0 bridgehead atoms. The number of thioether (sulfide) groups is 1. The normalized spacial score (nSPS) is 18.6. The van der Waals surface area contributed by atoms with E-state index in [0.717, 1.165) is 76.5 Å². The number of unbranched alkanes of at least 4 members (excludes halogenated alkanes) is 6. The molecule has 0 aromatic carbocycles. The van der Waals surface area contributed by atoms with Gasteiger partial charge in [0.1, 0.15) is 5.37 Å². The number of aliphatic imine (C=N–C) groups is 1. The molecule has 0 aliphatic carbocycles. The highest BCUT2D eigenvalue weighted by molar-refractivity contribution is 8.00. The molecule has 2 aliphatic rings. The van der Waals surface area contributed by atoms with Gasteiger partial charge in [0.05, 0.1) is 88.9 Å². The smallest absolute Gasteiger partial charge is 0.242 e. The molecule has 1 saturated heterocycles. The molecule has 68 heavy (non-hydrogen) atoms. The summed E-state index contributed by atoms with van der Waals surface area (Å²) in [5.41, 5.74) is 5.37. The number of nitrogens with one attached hydrogen (secondary N) is 3. The van der Waals surface area contributed by atoms with Crippen molar-refractivity contribution in [2.24, 2.45) is 28.5 Å². The fourth-order valence-corrected chi connectivity index (χ4v) is 9.93. The van der Waals surface area contributed by atoms with Gasteiger partial charge in [-0.3, -0.25) is 33.9 Å². The van der Waals surface area contributed by atoms with Gasteiger partial charge in [-0.2, -0.15) is 0 Å². The van der Waals surface area contributed by atoms with Gasteiger partial charge >= 0.3 is 0 Å². The van der Waals surface area contributed by atoms with E-state index in [9.17, 15) is 24.0 Å². The second-order valence-electron chi connectivity index (χ2n) is 18.6. The van der Waals surface area contributed by atoms with E-state index in [0.29, 0.717) is 72.2 Å². The molecule has 2 rings (SSSR count). The SMILES string of the molecule is CCC(C)C(C(CC(=O)N1CCCC1C(OC)C(C)C(=O)NCC1N=CCS1)OC)N(C)C(=O)CNC(=O)C(C(C)C)N(C)CCCCCCCCCNC(=O)CCOCCOCCOCCN. The number of likely N-dealkylation sites (N-methyl/N-ethyl adjacent to an activating group) is 2. The highest BCUT2D eigenvalue weighted by atomic mass is 32.2. The minimum absolute atomic E-state index is 0.00113. The van der Waals surface area contributed by atoms with Gasteiger partial charge in [-0.05, 0) is 51.1 Å². The number of ether oxygens (including phenoxy) is 5. The Kier molecular flexibility index (Phi) is 32.5. The van der Waals surface area contributed by atoms with Gasteiger partial charge in [0.2, 0.25) is 29.5 Å². The van der Waals surface area contributed by atoms with E-state index >= 15 is 0 Å². The Bertz CT molecular complexity index is 1470. The van der Waals surface area contributed by atoms with Gasteiger partial charge in [-0.15, -0.1) is 11.8 Å². The number of nitrogens with zero attached hydrogens (tertiary/aromatic N) is 4. The predicted octanol–water partition coefficient (Wildman–Crippen LogP) is 3.48. The van der Waals surface area contributed by atoms with Crippen LogP contribution in [0.4, 0.5) is 0 Å². The lowest BCUT2D eigenvalue weighted by Gasteiger charge is -2.39. The predicted molar refractivity (Wildman–Crippen MR) is 270 cm³/mol. The summed E-state index contributed by atoms with van der Waals surface area (Å²) in [6.07, 6.45) is 10.8. The summed E-state index contributed by atoms with van der Waals surface area (Å²) in [7, 11) is 6.86. The molecule has 0 aromatic rings. The molecular formula is C49H92N8O10S. The Morgan fingerprint density at radius 1 is 0.838 bits per heavy atom. The Balaban J connectivity index is 1.76. The summed E-state index contributed by atoms with van der Waals surface area (Å²) in [5.74, 6) is -0.281. The van der Waals surface area contributed by atoms with Crippen LogP contribution in [-0.4, -0.2) is 199 Å². The van der Waals surface area contributed by atoms with E-state index in [2.05, 4.69) is 32.8 Å². The topological polar surface area (TPSA) is 216 Å². The van der Waals surface area contributed by atoms with Gasteiger partial charge in [0, 0.05) is 65.8 Å². The molecule has 0 saturated carbocycles. The van der Waals surface area contributed by atoms with Crippen molar-refractivity contribution in [1.82, 2.24) is 30.7 Å². The van der Waals surface area contributed by atoms with Crippen LogP contribution in [0.15, 0.2) is 4.99 Å². The van der Waals surface area contributed by atoms with E-state index in [1.807, 2.05) is 45.9 Å². The van der Waals surface area contributed by atoms with Gasteiger partial charge in [-0.1, -0.05) is 73.1 Å². The first-order chi connectivity index (χ1) is 32.7. The van der Waals surface area contributed by atoms with Gasteiger partial charge in [-0.25, -0.2) is 0 Å². The lowest BCUT2D eigenvalue weighted by molar-refractivity contribution is -0.145. The Morgan fingerprint density at radius 2 is 1.49 bits per heavy atom. The Labute approximate surface area is 413 Å². The Hall–Kier alpha value is -2.91. The monoisotopic (exact) mass is 985 g/mol. The number of hydrogen-bond acceptors (Lipinski definition) is 14. The molecule has 5 amide bonds. The van der Waals surface area contributed by atoms with Crippen molar-refractivity contribution in [2.45, 2.75) is 147 Å². The van der Waals surface area contributed by atoms with E-state index in [-0.39, 0.29) is 65.8 Å². The minimum Gasteiger partial charge on any atom is -0.379 e. The number of nitrogens with two attached hydrogens (primary N) is 1. The number of rotatable bonds is 39. The molecule has 2 aliphatic heterocycles. The first-order valence-corrected chi connectivity index (χ1v) is 26.5. The number of carbonyl (C=O) groups excluding carboxylic acids is 5. The van der Waals surface area contributed by atoms with Crippen molar-refractivity contribution in [3.63, 3.8) is 0 Å². The molecule has 19 heteroatoms. The molecular weight excluding hydrogens is 893 g/mol. The summed E-state index contributed by atoms with van der Waals surface area (Å²) in [4.78, 5) is 76.8. The van der Waals surface area contributed by atoms with Crippen molar-refractivity contribution in [1.29, 1.82) is 0 Å². The van der Waals surface area contributed by atoms with Crippen LogP contribution in [0.3, 0.4) is 0 Å². The van der Waals surface area contributed by atoms with Crippen molar-refractivity contribution in [3.05, 3.63) is 0 Å². The molecule has 0 spiro atoms. The molecule has 0 aromatic heterocycles. The third-order valence-electron chi connectivity index (χ3n) is 13.2. The van der Waals surface area contributed by atoms with Crippen LogP contribution < -0.4 is 21.7 Å². The molecule has 8 unspecified atom stereocenters. The standard InChI is InChI=1S/C49H92N8O10S/c1-10-37(4)46(40(63-8)33-43(59)57-25-18-19-39(57)47(64-9)38(5)48(61)53-34-42-52-23-32-68-42)56(7)44(60)35-54-49(62)45(36(2)3)55(6)24-17-15-13-11-12-14-16-22-51-41(58)20-26-65-28-30-67-31-29-66-27-21-50/h23,36-40,42,45-47H,10-22,24-35,50H2,1-9H3,(H,51,58)(H,53,61)(H,54,62). The van der Waals surface area contributed by atoms with E-state index < -0.39 is 30.2 Å². The molecule has 394 valence electrons. The highest BCUT2D eigenvalue weighted by Crippen LogP contribution is 2.29. The van der Waals surface area contributed by atoms with Crippen molar-refractivity contribution in [3.8, 4) is 0 Å². The molecule has 18 nitrogen and oxygen atoms in total. The zero-order chi connectivity index (χ0) is 50.3. The zero-order valence-electron chi connectivity index (χ0n) is 43.3. The fourth-order valence-electron chi connectivity index (χ4n) is 9.16. The maximum atomic E-state index is 14.1. The second-order valence-corrected chi connectivity index (χ2v) is 19.8. The number of likely N-dealkylation sites (tertiary alicyclic amines) is 1. The number of amides is 5. The quantitative estimate of drug-likeness (QED) is 0.0651. The largest absolute Gasteiger partial charge is 0.379 e. The molecule has 8 atom stereocenters. The summed E-state index contributed by atoms with van der Waals surface area (Å²) in [5, 5.41) is 8.93. The molecule has 1 fully saturated rings. The summed E-state index contributed by atoms with van der Waals surface area (Å²) in [6, 6.07) is -1.09. The van der Waals surface area contributed by atoms with Crippen LogP contribution >= 0.6 is 11.8 Å². The van der Waals surface area contributed by atoms with Gasteiger partial charge < -0.3 is 55.2 Å². The van der Waals surface area contributed by atoms with E-state index in [4.69, 9.17) is 29.4 Å². The first-order valence-electron chi connectivity index (χ1n) is 25.4. The van der Waals surface area contributed by atoms with Gasteiger partial charge in [0.15, 0.2) is 0 Å². The van der Waals surface area contributed by atoms with Crippen LogP contribution in [0.5, 0.6) is 0 Å². The van der Waals surface area contributed by atoms with Crippen molar-refractivity contribution < 1.29 is 47.7 Å². The van der Waals surface area contributed by atoms with Crippen molar-refractivity contribution >= 4 is 47.5 Å². The lowest BCUT2D eigenvalue weighted by Crippen LogP contribution is -2.55. The third kappa shape index (κ3) is 22.9. The third-order valence-corrected chi connectivity index (χ3v) is 14.2. The summed E-state index contributed by atoms with van der Waals surface area (Å²) in [6.45, 7) is 15.6. The van der Waals surface area contributed by atoms with E-state index in [1.165, 1.54) is 0 Å². The van der Waals surface area contributed by atoms with Crippen LogP contribution in [0.25, 0.3) is 0 Å². The zero-order valence-corrected chi connectivity index (χ0v) is 44.1. The lowest BCUT2D eigenvalue weighted by atomic mass is 9.90. The summed E-state index contributed by atoms with van der Waals surface area (Å²) < 4.78 is 28.0. The molecule has 2 heterocycles. The maximum absolute atomic E-state index is 14.1. The maximum Gasteiger partial charge on any atom is 0.242 e. The number of hydrogen-bond donors (Lipinski definition) is 4. The fraction of sp³-hybridized carbons (Fsp3) is 0.878. The first kappa shape index (κ1) is 61.2. The summed E-state index contributed by atoms with van der Waals surface area (Å²) >= 11 is 1.68. The average molecular weight is 985 g/mol. The average Bonchev–Trinajstić information content (AvgIpc) is 4.04. The van der Waals surface area contributed by atoms with Gasteiger partial charge in [0.25, 0.3) is 0 Å². The van der Waals surface area contributed by atoms with Crippen LogP contribution in [0, 0.1) is 17.8 Å². The van der Waals surface area contributed by atoms with Crippen molar-refractivity contribution in [2.75, 3.05) is 113 Å². The highest BCUT2D eigenvalue weighted by Gasteiger charge is 2.42. The second kappa shape index (κ2) is 36.1. The van der Waals surface area contributed by atoms with Crippen LogP contribution in [0.2, 0.25) is 0 Å². The Morgan fingerprint density at radius 3 is 2.09 bits per heavy atom. The van der Waals surface area contributed by atoms with Crippen LogP contribution in [0.1, 0.15) is 112 Å². The van der Waals surface area contributed by atoms with Crippen LogP contribution in [-0.2, 0) is 47.7 Å². The minimum atomic E-state index is -0.594. The number of carbonyl (C=O) groups is 5. The number of methoxy groups -OCH3 is 2. The van der Waals surface area contributed by atoms with E-state index in [1.54, 1.807) is 37.9 Å². The molecule has 0 radical (unpaired) electrons. The molecule has 5 N–H and O–H groups in total.